The minimum atomic E-state index is 0.406. The maximum atomic E-state index is 9.88. The van der Waals surface area contributed by atoms with Crippen LogP contribution < -0.4 is 0 Å². The molecule has 0 saturated heterocycles. The summed E-state index contributed by atoms with van der Waals surface area (Å²) in [5.74, 6) is 0.406. The van der Waals surface area contributed by atoms with Gasteiger partial charge in [0.2, 0.25) is 0 Å². The van der Waals surface area contributed by atoms with E-state index in [1.165, 1.54) is 0 Å². The Balaban J connectivity index is 2.79. The zero-order chi connectivity index (χ0) is 12.0. The Morgan fingerprint density at radius 2 is 1.56 bits per heavy atom. The monoisotopic (exact) mass is 240 g/mol. The van der Waals surface area contributed by atoms with Gasteiger partial charge in [-0.05, 0) is 48.9 Å². The van der Waals surface area contributed by atoms with Gasteiger partial charge in [0, 0.05) is 5.02 Å². The Morgan fingerprint density at radius 3 is 2.12 bits per heavy atom. The summed E-state index contributed by atoms with van der Waals surface area (Å²) in [5.41, 5.74) is 2.05. The predicted octanol–water partition coefficient (Wildman–Crippen LogP) is 4.73. The van der Waals surface area contributed by atoms with E-state index in [0.29, 0.717) is 5.75 Å². The van der Waals surface area contributed by atoms with E-state index in [4.69, 9.17) is 11.6 Å². The fourth-order valence-electron chi connectivity index (χ4n) is 1.77. The Kier molecular flexibility index (Phi) is 5.68. The normalized spacial score (nSPS) is 10.7. The molecule has 2 heteroatoms. The Labute approximate surface area is 103 Å². The number of halogens is 1. The van der Waals surface area contributed by atoms with Crippen LogP contribution in [0.3, 0.4) is 0 Å². The summed E-state index contributed by atoms with van der Waals surface area (Å²) < 4.78 is 0. The van der Waals surface area contributed by atoms with Crippen LogP contribution in [0.4, 0.5) is 0 Å². The van der Waals surface area contributed by atoms with Crippen LogP contribution in [-0.4, -0.2) is 5.11 Å². The van der Waals surface area contributed by atoms with Crippen molar-refractivity contribution in [1.29, 1.82) is 0 Å². The molecular formula is C14H21ClO. The molecule has 0 aromatic heterocycles. The van der Waals surface area contributed by atoms with Gasteiger partial charge in [0.1, 0.15) is 5.75 Å². The largest absolute Gasteiger partial charge is 0.508 e. The molecule has 0 spiro atoms. The average molecular weight is 241 g/mol. The first kappa shape index (κ1) is 13.4. The molecule has 0 heterocycles. The summed E-state index contributed by atoms with van der Waals surface area (Å²) in [6.07, 6.45) is 6.36. The molecule has 1 aromatic rings. The Bertz CT molecular complexity index is 300. The second-order valence-electron chi connectivity index (χ2n) is 4.28. The van der Waals surface area contributed by atoms with E-state index in [0.717, 1.165) is 54.7 Å². The predicted molar refractivity (Wildman–Crippen MR) is 70.3 cm³/mol. The first-order valence-electron chi connectivity index (χ1n) is 6.19. The number of phenols is 1. The van der Waals surface area contributed by atoms with Crippen molar-refractivity contribution in [2.75, 3.05) is 0 Å². The third-order valence-corrected chi connectivity index (χ3v) is 3.20. The molecule has 0 bridgehead atoms. The van der Waals surface area contributed by atoms with Crippen molar-refractivity contribution in [3.05, 3.63) is 28.3 Å². The van der Waals surface area contributed by atoms with Gasteiger partial charge in [0.25, 0.3) is 0 Å². The lowest BCUT2D eigenvalue weighted by atomic mass is 10.0. The molecule has 1 nitrogen and oxygen atoms in total. The van der Waals surface area contributed by atoms with Gasteiger partial charge in [-0.1, -0.05) is 38.3 Å². The maximum Gasteiger partial charge on any atom is 0.119 e. The first-order chi connectivity index (χ1) is 7.69. The molecule has 90 valence electrons. The van der Waals surface area contributed by atoms with Crippen molar-refractivity contribution in [2.24, 2.45) is 0 Å². The maximum absolute atomic E-state index is 9.88. The highest BCUT2D eigenvalue weighted by atomic mass is 35.5. The van der Waals surface area contributed by atoms with Gasteiger partial charge in [-0.3, -0.25) is 0 Å². The van der Waals surface area contributed by atoms with E-state index in [1.807, 2.05) is 12.1 Å². The number of benzene rings is 1. The molecule has 1 aromatic carbocycles. The molecule has 1 N–H and O–H groups in total. The highest BCUT2D eigenvalue weighted by Gasteiger charge is 2.07. The SMILES string of the molecule is CCCCc1cc(Cl)c(CCCC)cc1O. The van der Waals surface area contributed by atoms with Gasteiger partial charge in [-0.15, -0.1) is 0 Å². The van der Waals surface area contributed by atoms with E-state index in [2.05, 4.69) is 13.8 Å². The lowest BCUT2D eigenvalue weighted by Gasteiger charge is -2.09. The second kappa shape index (κ2) is 6.80. The second-order valence-corrected chi connectivity index (χ2v) is 4.69. The van der Waals surface area contributed by atoms with Crippen molar-refractivity contribution in [1.82, 2.24) is 0 Å². The molecule has 16 heavy (non-hydrogen) atoms. The standard InChI is InChI=1S/C14H21ClO/c1-3-5-7-11-10-14(16)12(8-6-4-2)9-13(11)15/h9-10,16H,3-8H2,1-2H3. The zero-order valence-electron chi connectivity index (χ0n) is 10.2. The number of hydrogen-bond acceptors (Lipinski definition) is 1. The average Bonchev–Trinajstić information content (AvgIpc) is 2.28. The summed E-state index contributed by atoms with van der Waals surface area (Å²) in [7, 11) is 0. The minimum absolute atomic E-state index is 0.406. The fraction of sp³-hybridized carbons (Fsp3) is 0.571. The van der Waals surface area contributed by atoms with Crippen LogP contribution in [0.5, 0.6) is 5.75 Å². The quantitative estimate of drug-likeness (QED) is 0.762. The molecule has 0 aliphatic rings. The summed E-state index contributed by atoms with van der Waals surface area (Å²) in [5, 5.41) is 10.7. The summed E-state index contributed by atoms with van der Waals surface area (Å²) in [6, 6.07) is 3.76. The van der Waals surface area contributed by atoms with Crippen molar-refractivity contribution < 1.29 is 5.11 Å². The Hall–Kier alpha value is -0.690. The van der Waals surface area contributed by atoms with Crippen molar-refractivity contribution in [2.45, 2.75) is 52.4 Å². The van der Waals surface area contributed by atoms with Gasteiger partial charge in [0.05, 0.1) is 0 Å². The molecule has 0 saturated carbocycles. The van der Waals surface area contributed by atoms with Crippen LogP contribution >= 0.6 is 11.6 Å². The lowest BCUT2D eigenvalue weighted by molar-refractivity contribution is 0.466. The molecular weight excluding hydrogens is 220 g/mol. The van der Waals surface area contributed by atoms with Crippen molar-refractivity contribution in [3.8, 4) is 5.75 Å². The van der Waals surface area contributed by atoms with Crippen LogP contribution in [0.2, 0.25) is 5.02 Å². The van der Waals surface area contributed by atoms with E-state index in [-0.39, 0.29) is 0 Å². The minimum Gasteiger partial charge on any atom is -0.508 e. The third-order valence-electron chi connectivity index (χ3n) is 2.85. The molecule has 0 radical (unpaired) electrons. The number of phenolic OH excluding ortho intramolecular Hbond substituents is 1. The summed E-state index contributed by atoms with van der Waals surface area (Å²) in [4.78, 5) is 0. The summed E-state index contributed by atoms with van der Waals surface area (Å²) >= 11 is 6.20. The van der Waals surface area contributed by atoms with Crippen LogP contribution in [0.15, 0.2) is 12.1 Å². The van der Waals surface area contributed by atoms with E-state index in [1.54, 1.807) is 0 Å². The number of unbranched alkanes of at least 4 members (excludes halogenated alkanes) is 2. The highest BCUT2D eigenvalue weighted by molar-refractivity contribution is 6.31. The number of aromatic hydroxyl groups is 1. The molecule has 0 amide bonds. The third kappa shape index (κ3) is 3.71. The van der Waals surface area contributed by atoms with Crippen LogP contribution in [0, 0.1) is 0 Å². The molecule has 0 aliphatic heterocycles. The van der Waals surface area contributed by atoms with Crippen LogP contribution in [-0.2, 0) is 12.8 Å². The molecule has 0 fully saturated rings. The molecule has 0 unspecified atom stereocenters. The fourth-order valence-corrected chi connectivity index (χ4v) is 2.05. The zero-order valence-corrected chi connectivity index (χ0v) is 11.0. The molecule has 0 aliphatic carbocycles. The molecule has 1 rings (SSSR count). The van der Waals surface area contributed by atoms with Gasteiger partial charge in [-0.2, -0.15) is 0 Å². The first-order valence-corrected chi connectivity index (χ1v) is 6.57. The highest BCUT2D eigenvalue weighted by Crippen LogP contribution is 2.28. The van der Waals surface area contributed by atoms with Crippen LogP contribution in [0.25, 0.3) is 0 Å². The van der Waals surface area contributed by atoms with E-state index >= 15 is 0 Å². The topological polar surface area (TPSA) is 20.2 Å². The smallest absolute Gasteiger partial charge is 0.119 e. The number of rotatable bonds is 6. The summed E-state index contributed by atoms with van der Waals surface area (Å²) in [6.45, 7) is 4.30. The van der Waals surface area contributed by atoms with Crippen molar-refractivity contribution >= 4 is 11.6 Å². The van der Waals surface area contributed by atoms with E-state index in [9.17, 15) is 5.11 Å². The van der Waals surface area contributed by atoms with Gasteiger partial charge >= 0.3 is 0 Å². The van der Waals surface area contributed by atoms with Gasteiger partial charge < -0.3 is 5.11 Å². The number of aryl methyl sites for hydroxylation is 2. The van der Waals surface area contributed by atoms with Gasteiger partial charge in [-0.25, -0.2) is 0 Å². The van der Waals surface area contributed by atoms with Gasteiger partial charge in [0.15, 0.2) is 0 Å². The lowest BCUT2D eigenvalue weighted by Crippen LogP contribution is -1.91. The Morgan fingerprint density at radius 1 is 1.00 bits per heavy atom. The van der Waals surface area contributed by atoms with E-state index < -0.39 is 0 Å². The number of hydrogen-bond donors (Lipinski definition) is 1. The van der Waals surface area contributed by atoms with Crippen molar-refractivity contribution in [3.63, 3.8) is 0 Å². The van der Waals surface area contributed by atoms with Crippen LogP contribution in [0.1, 0.15) is 50.7 Å². The molecule has 0 atom stereocenters.